The van der Waals surface area contributed by atoms with Crippen molar-refractivity contribution < 1.29 is 4.39 Å². The average molecular weight is 271 g/mol. The number of hydrogen-bond acceptors (Lipinski definition) is 3. The molecule has 102 valence electrons. The summed E-state index contributed by atoms with van der Waals surface area (Å²) in [5.74, 6) is -0.343. The zero-order valence-electron chi connectivity index (χ0n) is 11.2. The number of aryl methyl sites for hydroxylation is 2. The van der Waals surface area contributed by atoms with Crippen molar-refractivity contribution in [1.82, 2.24) is 19.6 Å². The van der Waals surface area contributed by atoms with E-state index in [1.165, 1.54) is 10.7 Å². The minimum Gasteiger partial charge on any atom is -0.396 e. The summed E-state index contributed by atoms with van der Waals surface area (Å²) < 4.78 is 16.9. The normalized spacial score (nSPS) is 10.9. The van der Waals surface area contributed by atoms with Gasteiger partial charge in [0.1, 0.15) is 17.2 Å². The van der Waals surface area contributed by atoms with Crippen LogP contribution in [-0.2, 0) is 7.05 Å². The van der Waals surface area contributed by atoms with Crippen molar-refractivity contribution in [2.24, 2.45) is 7.05 Å². The van der Waals surface area contributed by atoms with Crippen LogP contribution in [-0.4, -0.2) is 19.6 Å². The average Bonchev–Trinajstić information content (AvgIpc) is 2.92. The Morgan fingerprint density at radius 3 is 2.55 bits per heavy atom. The van der Waals surface area contributed by atoms with Crippen LogP contribution in [0.3, 0.4) is 0 Å². The maximum absolute atomic E-state index is 13.8. The maximum atomic E-state index is 13.8. The molecular weight excluding hydrogens is 257 g/mol. The second-order valence-electron chi connectivity index (χ2n) is 4.63. The topological polar surface area (TPSA) is 61.7 Å². The van der Waals surface area contributed by atoms with Crippen LogP contribution >= 0.6 is 0 Å². The van der Waals surface area contributed by atoms with E-state index in [4.69, 9.17) is 5.73 Å². The molecule has 0 aliphatic carbocycles. The minimum atomic E-state index is -0.343. The fourth-order valence-electron chi connectivity index (χ4n) is 2.19. The molecule has 5 nitrogen and oxygen atoms in total. The van der Waals surface area contributed by atoms with Crippen molar-refractivity contribution >= 4 is 5.69 Å². The summed E-state index contributed by atoms with van der Waals surface area (Å²) >= 11 is 0. The first-order valence-electron chi connectivity index (χ1n) is 6.17. The van der Waals surface area contributed by atoms with Gasteiger partial charge in [0.15, 0.2) is 0 Å². The van der Waals surface area contributed by atoms with Gasteiger partial charge in [-0.2, -0.15) is 10.2 Å². The fourth-order valence-corrected chi connectivity index (χ4v) is 2.19. The molecule has 0 fully saturated rings. The summed E-state index contributed by atoms with van der Waals surface area (Å²) in [7, 11) is 1.83. The molecule has 0 aliphatic rings. The third kappa shape index (κ3) is 1.95. The number of rotatable bonds is 2. The van der Waals surface area contributed by atoms with Crippen LogP contribution in [0.5, 0.6) is 0 Å². The monoisotopic (exact) mass is 271 g/mol. The molecule has 0 aliphatic heterocycles. The number of benzene rings is 1. The van der Waals surface area contributed by atoms with Gasteiger partial charge in [-0.3, -0.25) is 4.68 Å². The summed E-state index contributed by atoms with van der Waals surface area (Å²) in [6.45, 7) is 1.89. The van der Waals surface area contributed by atoms with Gasteiger partial charge in [-0.25, -0.2) is 9.07 Å². The summed E-state index contributed by atoms with van der Waals surface area (Å²) in [6.07, 6.45) is 3.46. The number of para-hydroxylation sites is 1. The molecule has 2 N–H and O–H groups in total. The van der Waals surface area contributed by atoms with Gasteiger partial charge >= 0.3 is 0 Å². The number of nitrogen functional groups attached to an aromatic ring is 1. The minimum absolute atomic E-state index is 0.343. The molecular formula is C14H14FN5. The Bertz CT molecular complexity index is 772. The van der Waals surface area contributed by atoms with E-state index >= 15 is 0 Å². The van der Waals surface area contributed by atoms with E-state index in [1.54, 1.807) is 29.1 Å². The Hall–Kier alpha value is -2.63. The first-order valence-corrected chi connectivity index (χ1v) is 6.17. The van der Waals surface area contributed by atoms with Crippen molar-refractivity contribution in [1.29, 1.82) is 0 Å². The highest BCUT2D eigenvalue weighted by Gasteiger charge is 2.15. The fraction of sp³-hybridized carbons (Fsp3) is 0.143. The SMILES string of the molecule is Cc1nn(C)cc1-c1nn(-c2ccccc2F)cc1N. The highest BCUT2D eigenvalue weighted by atomic mass is 19.1. The lowest BCUT2D eigenvalue weighted by Crippen LogP contribution is -1.98. The van der Waals surface area contributed by atoms with Gasteiger partial charge in [0, 0.05) is 18.8 Å². The lowest BCUT2D eigenvalue weighted by atomic mass is 10.2. The number of halogens is 1. The van der Waals surface area contributed by atoms with E-state index in [2.05, 4.69) is 10.2 Å². The number of nitrogens with two attached hydrogens (primary N) is 1. The van der Waals surface area contributed by atoms with Gasteiger partial charge in [-0.05, 0) is 19.1 Å². The van der Waals surface area contributed by atoms with Crippen LogP contribution in [0.25, 0.3) is 16.9 Å². The summed E-state index contributed by atoms with van der Waals surface area (Å²) in [6, 6.07) is 6.44. The number of anilines is 1. The molecule has 0 radical (unpaired) electrons. The Balaban J connectivity index is 2.13. The van der Waals surface area contributed by atoms with Gasteiger partial charge < -0.3 is 5.73 Å². The van der Waals surface area contributed by atoms with E-state index in [0.29, 0.717) is 17.1 Å². The molecule has 0 unspecified atom stereocenters. The first kappa shape index (κ1) is 12.4. The summed E-state index contributed by atoms with van der Waals surface area (Å²) in [4.78, 5) is 0. The molecule has 20 heavy (non-hydrogen) atoms. The van der Waals surface area contributed by atoms with Crippen LogP contribution < -0.4 is 5.73 Å². The second-order valence-corrected chi connectivity index (χ2v) is 4.63. The van der Waals surface area contributed by atoms with Crippen LogP contribution in [0.2, 0.25) is 0 Å². The summed E-state index contributed by atoms with van der Waals surface area (Å²) in [5, 5.41) is 8.65. The Kier molecular flexibility index (Phi) is 2.78. The van der Waals surface area contributed by atoms with E-state index in [0.717, 1.165) is 11.3 Å². The molecule has 3 rings (SSSR count). The van der Waals surface area contributed by atoms with Crippen molar-refractivity contribution in [3.8, 4) is 16.9 Å². The van der Waals surface area contributed by atoms with Crippen molar-refractivity contribution in [3.05, 3.63) is 48.2 Å². The lowest BCUT2D eigenvalue weighted by molar-refractivity contribution is 0.611. The third-order valence-electron chi connectivity index (χ3n) is 3.11. The van der Waals surface area contributed by atoms with E-state index in [9.17, 15) is 4.39 Å². The Labute approximate surface area is 115 Å². The predicted octanol–water partition coefficient (Wildman–Crippen LogP) is 2.30. The lowest BCUT2D eigenvalue weighted by Gasteiger charge is -2.01. The van der Waals surface area contributed by atoms with Gasteiger partial charge in [0.2, 0.25) is 0 Å². The Morgan fingerprint density at radius 1 is 1.15 bits per heavy atom. The van der Waals surface area contributed by atoms with Gasteiger partial charge in [0.05, 0.1) is 17.6 Å². The van der Waals surface area contributed by atoms with Crippen molar-refractivity contribution in [2.75, 3.05) is 5.73 Å². The number of aromatic nitrogens is 4. The molecule has 2 aromatic heterocycles. The van der Waals surface area contributed by atoms with E-state index < -0.39 is 0 Å². The van der Waals surface area contributed by atoms with Crippen molar-refractivity contribution in [3.63, 3.8) is 0 Å². The van der Waals surface area contributed by atoms with E-state index in [1.807, 2.05) is 20.2 Å². The summed E-state index contributed by atoms with van der Waals surface area (Å²) in [5.41, 5.74) is 9.14. The second kappa shape index (κ2) is 4.48. The predicted molar refractivity (Wildman–Crippen MR) is 74.9 cm³/mol. The number of nitrogens with zero attached hydrogens (tertiary/aromatic N) is 4. The zero-order chi connectivity index (χ0) is 14.3. The molecule has 0 atom stereocenters. The van der Waals surface area contributed by atoms with Gasteiger partial charge in [-0.1, -0.05) is 12.1 Å². The molecule has 2 heterocycles. The molecule has 0 amide bonds. The maximum Gasteiger partial charge on any atom is 0.148 e. The van der Waals surface area contributed by atoms with E-state index in [-0.39, 0.29) is 5.82 Å². The number of hydrogen-bond donors (Lipinski definition) is 1. The molecule has 6 heteroatoms. The largest absolute Gasteiger partial charge is 0.396 e. The van der Waals surface area contributed by atoms with Crippen LogP contribution in [0.4, 0.5) is 10.1 Å². The highest BCUT2D eigenvalue weighted by Crippen LogP contribution is 2.27. The highest BCUT2D eigenvalue weighted by molar-refractivity contribution is 5.73. The van der Waals surface area contributed by atoms with Gasteiger partial charge in [0.25, 0.3) is 0 Å². The molecule has 3 aromatic rings. The zero-order valence-corrected chi connectivity index (χ0v) is 11.2. The molecule has 0 spiro atoms. The van der Waals surface area contributed by atoms with Crippen LogP contribution in [0.1, 0.15) is 5.69 Å². The van der Waals surface area contributed by atoms with Crippen LogP contribution in [0, 0.1) is 12.7 Å². The first-order chi connectivity index (χ1) is 9.56. The molecule has 0 saturated heterocycles. The van der Waals surface area contributed by atoms with Crippen molar-refractivity contribution in [2.45, 2.75) is 6.92 Å². The molecule has 0 saturated carbocycles. The van der Waals surface area contributed by atoms with Gasteiger partial charge in [-0.15, -0.1) is 0 Å². The van der Waals surface area contributed by atoms with Crippen LogP contribution in [0.15, 0.2) is 36.7 Å². The standard InChI is InChI=1S/C14H14FN5/c1-9-10(7-19(2)17-9)14-12(16)8-20(18-14)13-6-4-3-5-11(13)15/h3-8H,16H2,1-2H3. The smallest absolute Gasteiger partial charge is 0.148 e. The Morgan fingerprint density at radius 2 is 1.90 bits per heavy atom. The third-order valence-corrected chi connectivity index (χ3v) is 3.11. The molecule has 0 bridgehead atoms. The molecule has 1 aromatic carbocycles. The quantitative estimate of drug-likeness (QED) is 0.778.